The molecule has 1 N–H and O–H groups in total. The maximum absolute atomic E-state index is 12.3. The Hall–Kier alpha value is -1.11. The van der Waals surface area contributed by atoms with Crippen LogP contribution in [0.3, 0.4) is 0 Å². The van der Waals surface area contributed by atoms with Crippen molar-refractivity contribution in [3.05, 3.63) is 61.8 Å². The van der Waals surface area contributed by atoms with Gasteiger partial charge in [-0.25, -0.2) is 4.68 Å². The Labute approximate surface area is 151 Å². The van der Waals surface area contributed by atoms with E-state index < -0.39 is 11.7 Å². The number of alkyl halides is 3. The smallest absolute Gasteiger partial charge is 0.272 e. The second kappa shape index (κ2) is 7.44. The van der Waals surface area contributed by atoms with Crippen molar-refractivity contribution in [2.75, 3.05) is 0 Å². The molecule has 0 spiro atoms. The molecule has 2 heterocycles. The summed E-state index contributed by atoms with van der Waals surface area (Å²) in [5, 5.41) is 10.5. The lowest BCUT2D eigenvalue weighted by Gasteiger charge is -2.07. The number of halogens is 5. The summed E-state index contributed by atoms with van der Waals surface area (Å²) < 4.78 is 40.3. The zero-order valence-corrected chi connectivity index (χ0v) is 15.2. The van der Waals surface area contributed by atoms with Crippen LogP contribution in [-0.4, -0.2) is 20.0 Å². The lowest BCUT2D eigenvalue weighted by molar-refractivity contribution is -0.137. The third kappa shape index (κ3) is 4.97. The predicted octanol–water partition coefficient (Wildman–Crippen LogP) is 4.51. The normalized spacial score (nSPS) is 11.0. The maximum Gasteiger partial charge on any atom is 0.416 e. The first-order valence-electron chi connectivity index (χ1n) is 5.90. The molecule has 0 unspecified atom stereocenters. The van der Waals surface area contributed by atoms with Gasteiger partial charge in [-0.05, 0) is 81.6 Å². The van der Waals surface area contributed by atoms with E-state index in [0.29, 0.717) is 5.69 Å². The fourth-order valence-corrected chi connectivity index (χ4v) is 2.18. The van der Waals surface area contributed by atoms with Crippen LogP contribution >= 0.6 is 45.2 Å². The van der Waals surface area contributed by atoms with Gasteiger partial charge < -0.3 is 0 Å². The molecule has 2 aromatic heterocycles. The van der Waals surface area contributed by atoms with Gasteiger partial charge in [-0.1, -0.05) is 0 Å². The molecule has 9 heteroatoms. The van der Waals surface area contributed by atoms with E-state index in [0.717, 1.165) is 19.5 Å². The van der Waals surface area contributed by atoms with Gasteiger partial charge in [-0.15, -0.1) is 0 Å². The second-order valence-corrected chi connectivity index (χ2v) is 6.30. The van der Waals surface area contributed by atoms with E-state index in [1.165, 1.54) is 16.8 Å². The van der Waals surface area contributed by atoms with Crippen molar-refractivity contribution in [2.45, 2.75) is 6.18 Å². The highest BCUT2D eigenvalue weighted by atomic mass is 127. The zero-order chi connectivity index (χ0) is 16.2. The first kappa shape index (κ1) is 17.2. The van der Waals surface area contributed by atoms with Crippen molar-refractivity contribution in [3.8, 4) is 5.69 Å². The highest BCUT2D eigenvalue weighted by Crippen LogP contribution is 2.29. The maximum atomic E-state index is 12.3. The fraction of sp³-hybridized carbons (Fsp3) is 0.0769. The predicted molar refractivity (Wildman–Crippen MR) is 92.6 cm³/mol. The minimum atomic E-state index is -4.29. The molecule has 0 aliphatic carbocycles. The number of benzene rings is 1. The highest BCUT2D eigenvalue weighted by Gasteiger charge is 2.29. The topological polar surface area (TPSA) is 46.5 Å². The Kier molecular flexibility index (Phi) is 5.83. The molecule has 0 saturated heterocycles. The summed E-state index contributed by atoms with van der Waals surface area (Å²) in [4.78, 5) is 0. The van der Waals surface area contributed by atoms with Crippen LogP contribution in [-0.2, 0) is 6.18 Å². The molecule has 0 aliphatic heterocycles. The Bertz CT molecular complexity index is 706. The van der Waals surface area contributed by atoms with Gasteiger partial charge in [0.1, 0.15) is 3.70 Å². The quantitative estimate of drug-likeness (QED) is 0.470. The van der Waals surface area contributed by atoms with Crippen LogP contribution in [0.15, 0.2) is 48.8 Å². The first-order valence-corrected chi connectivity index (χ1v) is 8.06. The van der Waals surface area contributed by atoms with Crippen LogP contribution < -0.4 is 0 Å². The summed E-state index contributed by atoms with van der Waals surface area (Å²) in [6.07, 6.45) is -0.872. The molecule has 0 fully saturated rings. The number of aromatic amines is 1. The number of H-pyrrole nitrogens is 1. The standard InChI is InChI=1S/C10H6F3IN2.C3H3IN2/c11-10(12,13)7-1-3-8(4-2-7)16-6-5-9(14)15-16;4-3-1-2-5-6-3/h1-6H;1-2H,(H,5,6). The minimum absolute atomic E-state index is 0.607. The SMILES string of the molecule is FC(F)(F)c1ccc(-n2ccc(I)n2)cc1.Ic1ccn[nH]1. The van der Waals surface area contributed by atoms with E-state index in [4.69, 9.17) is 0 Å². The Morgan fingerprint density at radius 1 is 1.00 bits per heavy atom. The van der Waals surface area contributed by atoms with Gasteiger partial charge >= 0.3 is 6.18 Å². The Balaban J connectivity index is 0.000000246. The zero-order valence-electron chi connectivity index (χ0n) is 10.9. The number of hydrogen-bond acceptors (Lipinski definition) is 2. The molecule has 4 nitrogen and oxygen atoms in total. The van der Waals surface area contributed by atoms with E-state index >= 15 is 0 Å². The minimum Gasteiger partial charge on any atom is -0.272 e. The lowest BCUT2D eigenvalue weighted by atomic mass is 10.2. The molecular formula is C13H9F3I2N4. The molecule has 22 heavy (non-hydrogen) atoms. The van der Waals surface area contributed by atoms with Crippen LogP contribution in [0, 0.1) is 7.40 Å². The van der Waals surface area contributed by atoms with E-state index in [9.17, 15) is 13.2 Å². The molecule has 3 rings (SSSR count). The van der Waals surface area contributed by atoms with Gasteiger partial charge in [0.15, 0.2) is 0 Å². The number of nitrogens with zero attached hydrogens (tertiary/aromatic N) is 3. The molecule has 0 atom stereocenters. The van der Waals surface area contributed by atoms with Crippen molar-refractivity contribution in [1.82, 2.24) is 20.0 Å². The fourth-order valence-electron chi connectivity index (χ4n) is 1.49. The molecule has 116 valence electrons. The molecule has 1 aromatic carbocycles. The van der Waals surface area contributed by atoms with Crippen molar-refractivity contribution in [1.29, 1.82) is 0 Å². The van der Waals surface area contributed by atoms with Crippen molar-refractivity contribution >= 4 is 45.2 Å². The van der Waals surface area contributed by atoms with E-state index in [2.05, 4.69) is 37.9 Å². The summed E-state index contributed by atoms with van der Waals surface area (Å²) >= 11 is 4.19. The summed E-state index contributed by atoms with van der Waals surface area (Å²) in [5.74, 6) is 0. The Morgan fingerprint density at radius 3 is 2.05 bits per heavy atom. The molecule has 0 radical (unpaired) electrons. The van der Waals surface area contributed by atoms with Crippen molar-refractivity contribution < 1.29 is 13.2 Å². The summed E-state index contributed by atoms with van der Waals surface area (Å²) in [7, 11) is 0. The average molecular weight is 532 g/mol. The highest BCUT2D eigenvalue weighted by molar-refractivity contribution is 14.1. The van der Waals surface area contributed by atoms with Crippen LogP contribution in [0.1, 0.15) is 5.56 Å². The van der Waals surface area contributed by atoms with Gasteiger partial charge in [0, 0.05) is 12.4 Å². The second-order valence-electron chi connectivity index (χ2n) is 4.03. The van der Waals surface area contributed by atoms with Gasteiger partial charge in [-0.2, -0.15) is 23.4 Å². The number of aromatic nitrogens is 4. The molecule has 0 bridgehead atoms. The van der Waals surface area contributed by atoms with Gasteiger partial charge in [0.2, 0.25) is 0 Å². The molecule has 3 aromatic rings. The summed E-state index contributed by atoms with van der Waals surface area (Å²) in [6, 6.07) is 8.56. The summed E-state index contributed by atoms with van der Waals surface area (Å²) in [5.41, 5.74) is -0.0472. The monoisotopic (exact) mass is 532 g/mol. The third-order valence-electron chi connectivity index (χ3n) is 2.48. The van der Waals surface area contributed by atoms with Gasteiger partial charge in [-0.3, -0.25) is 5.10 Å². The molecule has 0 saturated carbocycles. The van der Waals surface area contributed by atoms with Crippen LogP contribution in [0.5, 0.6) is 0 Å². The van der Waals surface area contributed by atoms with E-state index in [1.807, 2.05) is 28.7 Å². The average Bonchev–Trinajstić information content (AvgIpc) is 3.10. The molecule has 0 amide bonds. The van der Waals surface area contributed by atoms with E-state index in [-0.39, 0.29) is 0 Å². The molecule has 0 aliphatic rings. The largest absolute Gasteiger partial charge is 0.416 e. The number of hydrogen-bond donors (Lipinski definition) is 1. The summed E-state index contributed by atoms with van der Waals surface area (Å²) in [6.45, 7) is 0. The van der Waals surface area contributed by atoms with Crippen LogP contribution in [0.2, 0.25) is 0 Å². The first-order chi connectivity index (χ1) is 10.4. The van der Waals surface area contributed by atoms with Gasteiger partial charge in [0.25, 0.3) is 0 Å². The molecular weight excluding hydrogens is 523 g/mol. The van der Waals surface area contributed by atoms with Crippen molar-refractivity contribution in [3.63, 3.8) is 0 Å². The Morgan fingerprint density at radius 2 is 1.68 bits per heavy atom. The number of rotatable bonds is 1. The van der Waals surface area contributed by atoms with Crippen LogP contribution in [0.25, 0.3) is 5.69 Å². The number of nitrogens with one attached hydrogen (secondary N) is 1. The van der Waals surface area contributed by atoms with Gasteiger partial charge in [0.05, 0.1) is 15.0 Å². The third-order valence-corrected chi connectivity index (χ3v) is 3.66. The van der Waals surface area contributed by atoms with Crippen molar-refractivity contribution in [2.24, 2.45) is 0 Å². The lowest BCUT2D eigenvalue weighted by Crippen LogP contribution is -2.05. The van der Waals surface area contributed by atoms with E-state index in [1.54, 1.807) is 18.5 Å². The van der Waals surface area contributed by atoms with Crippen LogP contribution in [0.4, 0.5) is 13.2 Å².